The highest BCUT2D eigenvalue weighted by molar-refractivity contribution is 5.97. The molecule has 0 spiro atoms. The molecule has 1 aliphatic heterocycles. The summed E-state index contributed by atoms with van der Waals surface area (Å²) in [5.41, 5.74) is 3.71. The van der Waals surface area contributed by atoms with Gasteiger partial charge in [0.15, 0.2) is 5.75 Å². The Hall–Kier alpha value is -2.82. The van der Waals surface area contributed by atoms with E-state index in [2.05, 4.69) is 10.6 Å². The fourth-order valence-corrected chi connectivity index (χ4v) is 2.45. The van der Waals surface area contributed by atoms with E-state index in [1.807, 2.05) is 44.2 Å². The number of aryl methyl sites for hydroxylation is 2. The molecule has 0 saturated heterocycles. The molecule has 23 heavy (non-hydrogen) atoms. The largest absolute Gasteiger partial charge is 0.423 e. The third-order valence-corrected chi connectivity index (χ3v) is 3.89. The molecule has 0 radical (unpaired) electrons. The third-order valence-electron chi connectivity index (χ3n) is 3.89. The molecule has 2 aromatic rings. The molecule has 118 valence electrons. The molecule has 5 heteroatoms. The van der Waals surface area contributed by atoms with Crippen LogP contribution in [0.1, 0.15) is 17.5 Å². The summed E-state index contributed by atoms with van der Waals surface area (Å²) in [7, 11) is 0. The molecule has 1 unspecified atom stereocenters. The standard InChI is InChI=1S/C18H18N2O3/c1-11-7-8-13(9-12(11)2)19-17(21)10-15-18(22)23-16-6-4-3-5-14(16)20-15/h3-9,15,20H,10H2,1-2H3,(H,19,21). The lowest BCUT2D eigenvalue weighted by atomic mass is 10.1. The topological polar surface area (TPSA) is 67.4 Å². The Bertz CT molecular complexity index is 771. The van der Waals surface area contributed by atoms with E-state index >= 15 is 0 Å². The van der Waals surface area contributed by atoms with Crippen LogP contribution in [0.4, 0.5) is 11.4 Å². The number of esters is 1. The van der Waals surface area contributed by atoms with E-state index in [1.165, 1.54) is 0 Å². The van der Waals surface area contributed by atoms with E-state index in [4.69, 9.17) is 4.74 Å². The first-order chi connectivity index (χ1) is 11.0. The van der Waals surface area contributed by atoms with Crippen molar-refractivity contribution in [1.82, 2.24) is 0 Å². The Balaban J connectivity index is 1.66. The highest BCUT2D eigenvalue weighted by atomic mass is 16.5. The summed E-state index contributed by atoms with van der Waals surface area (Å²) < 4.78 is 5.25. The van der Waals surface area contributed by atoms with Gasteiger partial charge in [-0.05, 0) is 49.2 Å². The van der Waals surface area contributed by atoms with E-state index < -0.39 is 12.0 Å². The van der Waals surface area contributed by atoms with Crippen molar-refractivity contribution in [2.75, 3.05) is 10.6 Å². The van der Waals surface area contributed by atoms with Crippen molar-refractivity contribution in [3.8, 4) is 5.75 Å². The van der Waals surface area contributed by atoms with Crippen LogP contribution < -0.4 is 15.4 Å². The summed E-state index contributed by atoms with van der Waals surface area (Å²) in [4.78, 5) is 24.2. The van der Waals surface area contributed by atoms with E-state index in [-0.39, 0.29) is 12.3 Å². The van der Waals surface area contributed by atoms with Crippen molar-refractivity contribution in [3.05, 3.63) is 53.6 Å². The fraction of sp³-hybridized carbons (Fsp3) is 0.222. The summed E-state index contributed by atoms with van der Waals surface area (Å²) in [6.45, 7) is 4.00. The fourth-order valence-electron chi connectivity index (χ4n) is 2.45. The predicted octanol–water partition coefficient (Wildman–Crippen LogP) is 3.03. The smallest absolute Gasteiger partial charge is 0.334 e. The Morgan fingerprint density at radius 2 is 1.96 bits per heavy atom. The number of hydrogen-bond acceptors (Lipinski definition) is 4. The van der Waals surface area contributed by atoms with E-state index in [1.54, 1.807) is 12.1 Å². The Kier molecular flexibility index (Phi) is 4.02. The first kappa shape index (κ1) is 15.1. The van der Waals surface area contributed by atoms with Gasteiger partial charge in [-0.2, -0.15) is 0 Å². The quantitative estimate of drug-likeness (QED) is 0.675. The molecule has 2 aromatic carbocycles. The first-order valence-corrected chi connectivity index (χ1v) is 7.47. The van der Waals surface area contributed by atoms with Gasteiger partial charge in [0.05, 0.1) is 12.1 Å². The van der Waals surface area contributed by atoms with Crippen LogP contribution in [-0.2, 0) is 9.59 Å². The van der Waals surface area contributed by atoms with Gasteiger partial charge >= 0.3 is 5.97 Å². The maximum absolute atomic E-state index is 12.2. The minimum Gasteiger partial charge on any atom is -0.423 e. The summed E-state index contributed by atoms with van der Waals surface area (Å²) in [5.74, 6) is -0.190. The van der Waals surface area contributed by atoms with E-state index in [0.717, 1.165) is 22.5 Å². The highest BCUT2D eigenvalue weighted by Gasteiger charge is 2.29. The van der Waals surface area contributed by atoms with Crippen molar-refractivity contribution in [1.29, 1.82) is 0 Å². The molecule has 1 aliphatic rings. The number of carbonyl (C=O) groups is 2. The lowest BCUT2D eigenvalue weighted by molar-refractivity contribution is -0.137. The number of anilines is 2. The molecule has 1 amide bonds. The second-order valence-electron chi connectivity index (χ2n) is 5.67. The number of rotatable bonds is 3. The Labute approximate surface area is 134 Å². The average molecular weight is 310 g/mol. The number of nitrogens with one attached hydrogen (secondary N) is 2. The molecular weight excluding hydrogens is 292 g/mol. The van der Waals surface area contributed by atoms with Crippen LogP contribution >= 0.6 is 0 Å². The molecule has 0 saturated carbocycles. The Morgan fingerprint density at radius 1 is 1.17 bits per heavy atom. The average Bonchev–Trinajstić information content (AvgIpc) is 2.51. The zero-order chi connectivity index (χ0) is 16.4. The summed E-state index contributed by atoms with van der Waals surface area (Å²) in [6, 6.07) is 12.2. The normalized spacial score (nSPS) is 16.1. The minimum atomic E-state index is -0.684. The van der Waals surface area contributed by atoms with Crippen LogP contribution in [0, 0.1) is 13.8 Å². The Morgan fingerprint density at radius 3 is 2.74 bits per heavy atom. The first-order valence-electron chi connectivity index (χ1n) is 7.47. The summed E-state index contributed by atoms with van der Waals surface area (Å²) in [6.07, 6.45) is 0.0140. The van der Waals surface area contributed by atoms with Crippen LogP contribution in [-0.4, -0.2) is 17.9 Å². The van der Waals surface area contributed by atoms with Crippen LogP contribution in [0.3, 0.4) is 0 Å². The van der Waals surface area contributed by atoms with Crippen LogP contribution in [0.15, 0.2) is 42.5 Å². The van der Waals surface area contributed by atoms with E-state index in [9.17, 15) is 9.59 Å². The minimum absolute atomic E-state index is 0.0140. The molecule has 3 rings (SSSR count). The zero-order valence-corrected chi connectivity index (χ0v) is 13.1. The second-order valence-corrected chi connectivity index (χ2v) is 5.67. The summed E-state index contributed by atoms with van der Waals surface area (Å²) in [5, 5.41) is 5.86. The SMILES string of the molecule is Cc1ccc(NC(=O)CC2Nc3ccccc3OC2=O)cc1C. The van der Waals surface area contributed by atoms with Gasteiger partial charge in [0.2, 0.25) is 5.91 Å². The number of amides is 1. The maximum atomic E-state index is 12.2. The molecule has 0 aromatic heterocycles. The van der Waals surface area contributed by atoms with Gasteiger partial charge < -0.3 is 15.4 Å². The monoisotopic (exact) mass is 310 g/mol. The van der Waals surface area contributed by atoms with Gasteiger partial charge in [0, 0.05) is 5.69 Å². The molecule has 0 bridgehead atoms. The van der Waals surface area contributed by atoms with Gasteiger partial charge in [-0.15, -0.1) is 0 Å². The van der Waals surface area contributed by atoms with Gasteiger partial charge in [-0.1, -0.05) is 18.2 Å². The van der Waals surface area contributed by atoms with Gasteiger partial charge in [-0.3, -0.25) is 4.79 Å². The number of hydrogen-bond donors (Lipinski definition) is 2. The second kappa shape index (κ2) is 6.12. The van der Waals surface area contributed by atoms with Crippen molar-refractivity contribution >= 4 is 23.3 Å². The number of fused-ring (bicyclic) bond motifs is 1. The predicted molar refractivity (Wildman–Crippen MR) is 88.7 cm³/mol. The maximum Gasteiger partial charge on any atom is 0.334 e. The highest BCUT2D eigenvalue weighted by Crippen LogP contribution is 2.29. The van der Waals surface area contributed by atoms with Crippen molar-refractivity contribution in [3.63, 3.8) is 0 Å². The van der Waals surface area contributed by atoms with Crippen molar-refractivity contribution in [2.45, 2.75) is 26.3 Å². The molecule has 0 fully saturated rings. The lowest BCUT2D eigenvalue weighted by Crippen LogP contribution is -2.39. The van der Waals surface area contributed by atoms with Crippen LogP contribution in [0.5, 0.6) is 5.75 Å². The number of ether oxygens (including phenoxy) is 1. The molecule has 0 aliphatic carbocycles. The van der Waals surface area contributed by atoms with Gasteiger partial charge in [-0.25, -0.2) is 4.79 Å². The number of para-hydroxylation sites is 2. The van der Waals surface area contributed by atoms with Crippen LogP contribution in [0.2, 0.25) is 0 Å². The number of benzene rings is 2. The summed E-state index contributed by atoms with van der Waals surface area (Å²) >= 11 is 0. The van der Waals surface area contributed by atoms with Crippen LogP contribution in [0.25, 0.3) is 0 Å². The van der Waals surface area contributed by atoms with Crippen molar-refractivity contribution in [2.24, 2.45) is 0 Å². The molecular formula is C18H18N2O3. The van der Waals surface area contributed by atoms with Gasteiger partial charge in [0.1, 0.15) is 6.04 Å². The zero-order valence-electron chi connectivity index (χ0n) is 13.1. The van der Waals surface area contributed by atoms with E-state index in [0.29, 0.717) is 5.75 Å². The third kappa shape index (κ3) is 3.34. The lowest BCUT2D eigenvalue weighted by Gasteiger charge is -2.25. The van der Waals surface area contributed by atoms with Gasteiger partial charge in [0.25, 0.3) is 0 Å². The molecule has 5 nitrogen and oxygen atoms in total. The molecule has 1 atom stereocenters. The van der Waals surface area contributed by atoms with Crippen molar-refractivity contribution < 1.29 is 14.3 Å². The molecule has 2 N–H and O–H groups in total. The molecule has 1 heterocycles. The number of carbonyl (C=O) groups excluding carboxylic acids is 2.